The lowest BCUT2D eigenvalue weighted by molar-refractivity contribution is -0.274. The molecule has 0 spiro atoms. The molecule has 2 aromatic rings. The predicted molar refractivity (Wildman–Crippen MR) is 77.1 cm³/mol. The van der Waals surface area contributed by atoms with Crippen LogP contribution in [0.5, 0.6) is 5.75 Å². The monoisotopic (exact) mass is 360 g/mol. The Morgan fingerprint density at radius 1 is 1.29 bits per heavy atom. The van der Waals surface area contributed by atoms with E-state index in [1.807, 2.05) is 0 Å². The van der Waals surface area contributed by atoms with Crippen LogP contribution in [0.4, 0.5) is 13.2 Å². The van der Waals surface area contributed by atoms with E-state index in [0.29, 0.717) is 19.1 Å². The molecule has 1 saturated carbocycles. The highest BCUT2D eigenvalue weighted by atomic mass is 32.2. The number of carbonyl (C=O) groups is 1. The highest BCUT2D eigenvalue weighted by Crippen LogP contribution is 2.35. The van der Waals surface area contributed by atoms with Crippen LogP contribution in [0.1, 0.15) is 23.2 Å². The number of alkyl halides is 3. The molecule has 24 heavy (non-hydrogen) atoms. The van der Waals surface area contributed by atoms with Crippen molar-refractivity contribution in [3.63, 3.8) is 0 Å². The van der Waals surface area contributed by atoms with E-state index in [0.717, 1.165) is 22.5 Å². The van der Waals surface area contributed by atoms with Gasteiger partial charge >= 0.3 is 6.36 Å². The summed E-state index contributed by atoms with van der Waals surface area (Å²) >= 11 is 0. The molecule has 1 fully saturated rings. The maximum atomic E-state index is 12.5. The highest BCUT2D eigenvalue weighted by Gasteiger charge is 2.38. The Hall–Kier alpha value is -2.36. The quantitative estimate of drug-likeness (QED) is 0.766. The molecule has 6 nitrogen and oxygen atoms in total. The fourth-order valence-corrected chi connectivity index (χ4v) is 3.64. The Balaban J connectivity index is 2.04. The van der Waals surface area contributed by atoms with Gasteiger partial charge in [-0.25, -0.2) is 8.42 Å². The Morgan fingerprint density at radius 3 is 2.58 bits per heavy atom. The van der Waals surface area contributed by atoms with Crippen molar-refractivity contribution in [1.29, 1.82) is 0 Å². The van der Waals surface area contributed by atoms with E-state index in [1.165, 1.54) is 12.1 Å². The zero-order valence-corrected chi connectivity index (χ0v) is 12.8. The Labute approximate surface area is 134 Å². The van der Waals surface area contributed by atoms with E-state index < -0.39 is 27.4 Å². The second-order valence-electron chi connectivity index (χ2n) is 5.27. The number of ether oxygens (including phenoxy) is 1. The normalized spacial score (nSPS) is 15.3. The van der Waals surface area contributed by atoms with Crippen LogP contribution in [0.2, 0.25) is 0 Å². The number of halogens is 3. The summed E-state index contributed by atoms with van der Waals surface area (Å²) in [6.07, 6.45) is -1.17. The van der Waals surface area contributed by atoms with Gasteiger partial charge in [0.15, 0.2) is 0 Å². The van der Waals surface area contributed by atoms with Crippen molar-refractivity contribution in [2.45, 2.75) is 24.5 Å². The largest absolute Gasteiger partial charge is 0.573 e. The standard InChI is InChI=1S/C14H11F3N2O4S/c15-14(16,17)23-13-4-1-9(8-20)5-12(13)10-6-18-19(7-10)24(21,22)11-2-3-11/h1,4-8,11H,2-3H2. The SMILES string of the molecule is O=Cc1ccc(OC(F)(F)F)c(-c2cnn(S(=O)(=O)C3CC3)c2)c1. The van der Waals surface area contributed by atoms with Crippen molar-refractivity contribution in [2.75, 3.05) is 0 Å². The Bertz CT molecular complexity index is 886. The first-order valence-electron chi connectivity index (χ1n) is 6.85. The van der Waals surface area contributed by atoms with Gasteiger partial charge in [0, 0.05) is 16.7 Å². The lowest BCUT2D eigenvalue weighted by atomic mass is 10.1. The summed E-state index contributed by atoms with van der Waals surface area (Å²) in [5.74, 6) is -0.545. The molecule has 0 saturated heterocycles. The Kier molecular flexibility index (Phi) is 3.86. The summed E-state index contributed by atoms with van der Waals surface area (Å²) in [4.78, 5) is 10.9. The maximum absolute atomic E-state index is 12.5. The topological polar surface area (TPSA) is 78.3 Å². The molecule has 0 radical (unpaired) electrons. The minimum Gasteiger partial charge on any atom is -0.405 e. The lowest BCUT2D eigenvalue weighted by Crippen LogP contribution is -2.18. The van der Waals surface area contributed by atoms with Gasteiger partial charge in [-0.05, 0) is 31.0 Å². The van der Waals surface area contributed by atoms with Crippen LogP contribution >= 0.6 is 0 Å². The van der Waals surface area contributed by atoms with Crippen molar-refractivity contribution in [3.8, 4) is 16.9 Å². The van der Waals surface area contributed by atoms with E-state index in [4.69, 9.17) is 0 Å². The summed E-state index contributed by atoms with van der Waals surface area (Å²) in [5, 5.41) is 3.21. The molecule has 0 amide bonds. The minimum atomic E-state index is -4.92. The molecule has 1 heterocycles. The first-order valence-corrected chi connectivity index (χ1v) is 8.35. The predicted octanol–water partition coefficient (Wildman–Crippen LogP) is 2.60. The van der Waals surface area contributed by atoms with Gasteiger partial charge in [0.2, 0.25) is 0 Å². The van der Waals surface area contributed by atoms with Crippen LogP contribution in [0.25, 0.3) is 11.1 Å². The maximum Gasteiger partial charge on any atom is 0.573 e. The van der Waals surface area contributed by atoms with E-state index >= 15 is 0 Å². The van der Waals surface area contributed by atoms with Crippen molar-refractivity contribution >= 4 is 16.3 Å². The van der Waals surface area contributed by atoms with Gasteiger partial charge in [-0.2, -0.15) is 9.19 Å². The first kappa shape index (κ1) is 16.5. The van der Waals surface area contributed by atoms with Crippen LogP contribution in [0, 0.1) is 0 Å². The number of benzene rings is 1. The second-order valence-corrected chi connectivity index (χ2v) is 7.34. The number of aromatic nitrogens is 2. The van der Waals surface area contributed by atoms with Gasteiger partial charge in [-0.3, -0.25) is 4.79 Å². The zero-order chi connectivity index (χ0) is 17.5. The first-order chi connectivity index (χ1) is 11.2. The molecule has 3 rings (SSSR count). The van der Waals surface area contributed by atoms with Gasteiger partial charge in [-0.1, -0.05) is 0 Å². The summed E-state index contributed by atoms with van der Waals surface area (Å²) < 4.78 is 66.5. The molecule has 0 N–H and O–H groups in total. The van der Waals surface area contributed by atoms with Gasteiger partial charge in [0.25, 0.3) is 10.0 Å². The van der Waals surface area contributed by atoms with Crippen LogP contribution in [0.3, 0.4) is 0 Å². The molecule has 128 valence electrons. The third-order valence-electron chi connectivity index (χ3n) is 3.44. The average molecular weight is 360 g/mol. The second kappa shape index (κ2) is 5.62. The van der Waals surface area contributed by atoms with E-state index in [1.54, 1.807) is 0 Å². The third-order valence-corrected chi connectivity index (χ3v) is 5.48. The number of hydrogen-bond donors (Lipinski definition) is 0. The number of rotatable bonds is 5. The van der Waals surface area contributed by atoms with E-state index in [-0.39, 0.29) is 16.7 Å². The summed E-state index contributed by atoms with van der Waals surface area (Å²) in [7, 11) is -3.64. The molecular formula is C14H11F3N2O4S. The van der Waals surface area contributed by atoms with E-state index in [2.05, 4.69) is 9.84 Å². The molecular weight excluding hydrogens is 349 g/mol. The highest BCUT2D eigenvalue weighted by molar-refractivity contribution is 7.90. The molecule has 0 unspecified atom stereocenters. The fraction of sp³-hybridized carbons (Fsp3) is 0.286. The summed E-state index contributed by atoms with van der Waals surface area (Å²) in [6.45, 7) is 0. The molecule has 1 aliphatic rings. The van der Waals surface area contributed by atoms with Crippen molar-refractivity contribution in [1.82, 2.24) is 9.19 Å². The van der Waals surface area contributed by atoms with Gasteiger partial charge in [0.1, 0.15) is 12.0 Å². The molecule has 10 heteroatoms. The van der Waals surface area contributed by atoms with Crippen LogP contribution in [-0.4, -0.2) is 35.5 Å². The summed E-state index contributed by atoms with van der Waals surface area (Å²) in [5.41, 5.74) is 0.147. The van der Waals surface area contributed by atoms with Crippen molar-refractivity contribution in [3.05, 3.63) is 36.2 Å². The third kappa shape index (κ3) is 3.28. The fourth-order valence-electron chi connectivity index (χ4n) is 2.16. The van der Waals surface area contributed by atoms with Gasteiger partial charge < -0.3 is 4.74 Å². The van der Waals surface area contributed by atoms with Gasteiger partial charge in [0.05, 0.1) is 17.6 Å². The minimum absolute atomic E-state index is 0.0748. The van der Waals surface area contributed by atoms with Crippen LogP contribution in [0.15, 0.2) is 30.6 Å². The Morgan fingerprint density at radius 2 is 2.00 bits per heavy atom. The molecule has 0 atom stereocenters. The van der Waals surface area contributed by atoms with Crippen molar-refractivity contribution in [2.24, 2.45) is 0 Å². The summed E-state index contributed by atoms with van der Waals surface area (Å²) in [6, 6.07) is 3.35. The zero-order valence-electron chi connectivity index (χ0n) is 12.0. The number of carbonyl (C=O) groups excluding carboxylic acids is 1. The number of hydrogen-bond acceptors (Lipinski definition) is 5. The number of nitrogens with zero attached hydrogens (tertiary/aromatic N) is 2. The molecule has 0 bridgehead atoms. The van der Waals surface area contributed by atoms with Gasteiger partial charge in [-0.15, -0.1) is 13.2 Å². The molecule has 1 aliphatic carbocycles. The van der Waals surface area contributed by atoms with Crippen LogP contribution < -0.4 is 4.74 Å². The molecule has 1 aromatic heterocycles. The molecule has 0 aliphatic heterocycles. The smallest absolute Gasteiger partial charge is 0.405 e. The lowest BCUT2D eigenvalue weighted by Gasteiger charge is -2.12. The van der Waals surface area contributed by atoms with E-state index in [9.17, 15) is 26.4 Å². The molecule has 1 aromatic carbocycles. The average Bonchev–Trinajstić information content (AvgIpc) is 3.24. The van der Waals surface area contributed by atoms with Crippen molar-refractivity contribution < 1.29 is 31.1 Å². The number of aldehydes is 1. The van der Waals surface area contributed by atoms with Crippen LogP contribution in [-0.2, 0) is 10.0 Å².